The Morgan fingerprint density at radius 1 is 1.75 bits per heavy atom. The molecule has 2 heterocycles. The number of aryl methyl sites for hydroxylation is 2. The molecule has 0 fully saturated rings. The van der Waals surface area contributed by atoms with Crippen molar-refractivity contribution in [2.75, 3.05) is 0 Å². The molecular formula is C6H7N2. The van der Waals surface area contributed by atoms with Gasteiger partial charge < -0.3 is 4.57 Å². The summed E-state index contributed by atoms with van der Waals surface area (Å²) in [7, 11) is 0. The second-order valence-electron chi connectivity index (χ2n) is 2.08. The Balaban J connectivity index is 2.54. The molecule has 0 saturated heterocycles. The molecule has 0 atom stereocenters. The van der Waals surface area contributed by atoms with Crippen molar-refractivity contribution >= 4 is 0 Å². The highest BCUT2D eigenvalue weighted by atomic mass is 15.1. The zero-order chi connectivity index (χ0) is 5.40. The second-order valence-corrected chi connectivity index (χ2v) is 2.08. The van der Waals surface area contributed by atoms with E-state index in [1.54, 1.807) is 0 Å². The molecule has 2 rings (SSSR count). The van der Waals surface area contributed by atoms with Gasteiger partial charge in [0.2, 0.25) is 0 Å². The van der Waals surface area contributed by atoms with Crippen LogP contribution in [-0.2, 0) is 13.0 Å². The zero-order valence-corrected chi connectivity index (χ0v) is 4.59. The number of hydrogen-bond donors (Lipinski definition) is 0. The van der Waals surface area contributed by atoms with Crippen LogP contribution in [0.1, 0.15) is 12.2 Å². The van der Waals surface area contributed by atoms with Gasteiger partial charge in [-0.15, -0.1) is 0 Å². The normalized spacial score (nSPS) is 16.5. The molecule has 1 aromatic rings. The predicted molar refractivity (Wildman–Crippen MR) is 29.4 cm³/mol. The van der Waals surface area contributed by atoms with Crippen molar-refractivity contribution in [3.05, 3.63) is 18.2 Å². The highest BCUT2D eigenvalue weighted by Crippen LogP contribution is 2.09. The first-order valence-electron chi connectivity index (χ1n) is 2.89. The topological polar surface area (TPSA) is 17.8 Å². The van der Waals surface area contributed by atoms with Crippen LogP contribution in [0.5, 0.6) is 0 Å². The molecule has 2 heteroatoms. The van der Waals surface area contributed by atoms with E-state index < -0.39 is 0 Å². The van der Waals surface area contributed by atoms with Crippen LogP contribution < -0.4 is 0 Å². The molecule has 2 nitrogen and oxygen atoms in total. The Kier molecular flexibility index (Phi) is 0.692. The number of imidazole rings is 1. The van der Waals surface area contributed by atoms with Crippen LogP contribution in [0.25, 0.3) is 0 Å². The van der Waals surface area contributed by atoms with E-state index in [9.17, 15) is 0 Å². The predicted octanol–water partition coefficient (Wildman–Crippen LogP) is 0.629. The largest absolute Gasteiger partial charge is 0.334 e. The van der Waals surface area contributed by atoms with Gasteiger partial charge >= 0.3 is 0 Å². The Hall–Kier alpha value is -0.790. The third-order valence-corrected chi connectivity index (χ3v) is 1.54. The van der Waals surface area contributed by atoms with E-state index in [4.69, 9.17) is 0 Å². The van der Waals surface area contributed by atoms with E-state index in [1.807, 2.05) is 6.20 Å². The maximum absolute atomic E-state index is 4.03. The number of aromatic nitrogens is 2. The lowest BCUT2D eigenvalue weighted by Crippen LogP contribution is -1.87. The summed E-state index contributed by atoms with van der Waals surface area (Å²) in [6.07, 6.45) is 7.14. The summed E-state index contributed by atoms with van der Waals surface area (Å²) in [5.74, 6) is 1.20. The van der Waals surface area contributed by atoms with Crippen LogP contribution in [0.15, 0.2) is 6.20 Å². The molecule has 8 heavy (non-hydrogen) atoms. The summed E-state index contributed by atoms with van der Waals surface area (Å²) in [5, 5.41) is 0. The van der Waals surface area contributed by atoms with Gasteiger partial charge in [-0.05, 0) is 6.42 Å². The molecule has 41 valence electrons. The third-order valence-electron chi connectivity index (χ3n) is 1.54. The summed E-state index contributed by atoms with van der Waals surface area (Å²) >= 11 is 0. The summed E-state index contributed by atoms with van der Waals surface area (Å²) in [5.41, 5.74) is 0. The van der Waals surface area contributed by atoms with Gasteiger partial charge in [0.25, 0.3) is 0 Å². The zero-order valence-electron chi connectivity index (χ0n) is 4.59. The maximum Gasteiger partial charge on any atom is 0.109 e. The highest BCUT2D eigenvalue weighted by Gasteiger charge is 2.08. The molecule has 0 saturated carbocycles. The molecule has 1 aliphatic rings. The summed E-state index contributed by atoms with van der Waals surface area (Å²) in [6, 6.07) is 0. The van der Waals surface area contributed by atoms with Gasteiger partial charge in [-0.25, -0.2) is 4.98 Å². The quantitative estimate of drug-likeness (QED) is 0.475. The number of nitrogens with zero attached hydrogens (tertiary/aromatic N) is 2. The van der Waals surface area contributed by atoms with Crippen LogP contribution in [-0.4, -0.2) is 9.55 Å². The summed E-state index contributed by atoms with van der Waals surface area (Å²) in [4.78, 5) is 4.03. The van der Waals surface area contributed by atoms with Crippen molar-refractivity contribution in [3.8, 4) is 0 Å². The van der Waals surface area contributed by atoms with E-state index >= 15 is 0 Å². The van der Waals surface area contributed by atoms with Gasteiger partial charge in [0.1, 0.15) is 12.0 Å². The van der Waals surface area contributed by atoms with Crippen LogP contribution in [0.2, 0.25) is 0 Å². The van der Waals surface area contributed by atoms with Crippen LogP contribution in [0, 0.1) is 6.20 Å². The van der Waals surface area contributed by atoms with Crippen molar-refractivity contribution in [3.63, 3.8) is 0 Å². The minimum absolute atomic E-state index is 1.14. The Morgan fingerprint density at radius 3 is 3.62 bits per heavy atom. The summed E-state index contributed by atoms with van der Waals surface area (Å²) in [6.45, 7) is 1.14. The van der Waals surface area contributed by atoms with Crippen molar-refractivity contribution < 1.29 is 0 Å². The molecule has 0 unspecified atom stereocenters. The van der Waals surface area contributed by atoms with E-state index in [2.05, 4.69) is 15.7 Å². The molecule has 0 bridgehead atoms. The van der Waals surface area contributed by atoms with Gasteiger partial charge in [0.05, 0.1) is 0 Å². The van der Waals surface area contributed by atoms with Gasteiger partial charge in [-0.3, -0.25) is 0 Å². The Morgan fingerprint density at radius 2 is 2.75 bits per heavy atom. The van der Waals surface area contributed by atoms with Crippen molar-refractivity contribution in [2.24, 2.45) is 0 Å². The molecule has 0 amide bonds. The lowest BCUT2D eigenvalue weighted by molar-refractivity contribution is 0.749. The maximum atomic E-state index is 4.03. The van der Waals surface area contributed by atoms with Gasteiger partial charge in [-0.2, -0.15) is 0 Å². The molecule has 0 aromatic carbocycles. The fourth-order valence-electron chi connectivity index (χ4n) is 1.11. The highest BCUT2D eigenvalue weighted by molar-refractivity contribution is 4.95. The SMILES string of the molecule is [c]1cn2c(n1)CCC2. The number of fused-ring (bicyclic) bond motifs is 1. The first-order chi connectivity index (χ1) is 3.97. The molecule has 1 radical (unpaired) electrons. The van der Waals surface area contributed by atoms with Gasteiger partial charge in [0, 0.05) is 19.2 Å². The molecule has 0 spiro atoms. The van der Waals surface area contributed by atoms with Crippen molar-refractivity contribution in [1.29, 1.82) is 0 Å². The molecular weight excluding hydrogens is 100 g/mol. The average molecular weight is 107 g/mol. The van der Waals surface area contributed by atoms with Crippen LogP contribution in [0.4, 0.5) is 0 Å². The van der Waals surface area contributed by atoms with Crippen molar-refractivity contribution in [2.45, 2.75) is 19.4 Å². The Labute approximate surface area is 48.2 Å². The fourth-order valence-corrected chi connectivity index (χ4v) is 1.11. The number of hydrogen-bond acceptors (Lipinski definition) is 1. The second kappa shape index (κ2) is 1.34. The van der Waals surface area contributed by atoms with E-state index in [0.29, 0.717) is 0 Å². The van der Waals surface area contributed by atoms with Gasteiger partial charge in [-0.1, -0.05) is 0 Å². The van der Waals surface area contributed by atoms with Crippen LogP contribution in [0.3, 0.4) is 0 Å². The molecule has 1 aromatic heterocycles. The Bertz CT molecular complexity index is 172. The lowest BCUT2D eigenvalue weighted by atomic mass is 10.4. The minimum atomic E-state index is 1.14. The lowest BCUT2D eigenvalue weighted by Gasteiger charge is -1.88. The molecule has 0 N–H and O–H groups in total. The monoisotopic (exact) mass is 107 g/mol. The minimum Gasteiger partial charge on any atom is -0.334 e. The smallest absolute Gasteiger partial charge is 0.109 e. The first-order valence-corrected chi connectivity index (χ1v) is 2.89. The first kappa shape index (κ1) is 4.13. The fraction of sp³-hybridized carbons (Fsp3) is 0.500. The third kappa shape index (κ3) is 0.399. The van der Waals surface area contributed by atoms with Gasteiger partial charge in [0.15, 0.2) is 0 Å². The van der Waals surface area contributed by atoms with Crippen molar-refractivity contribution in [1.82, 2.24) is 9.55 Å². The molecule has 0 aliphatic carbocycles. The summed E-state index contributed by atoms with van der Waals surface area (Å²) < 4.78 is 2.15. The van der Waals surface area contributed by atoms with Crippen LogP contribution >= 0.6 is 0 Å². The van der Waals surface area contributed by atoms with E-state index in [-0.39, 0.29) is 0 Å². The van der Waals surface area contributed by atoms with E-state index in [1.165, 1.54) is 12.2 Å². The molecule has 1 aliphatic heterocycles. The standard InChI is InChI=1S/C6H7N2/c1-2-6-7-3-5-8(6)4-1/h5H,1-2,4H2. The number of rotatable bonds is 0. The van der Waals surface area contributed by atoms with E-state index in [0.717, 1.165) is 13.0 Å². The average Bonchev–Trinajstić information content (AvgIpc) is 2.15.